The van der Waals surface area contributed by atoms with E-state index >= 15 is 0 Å². The maximum Gasteiger partial charge on any atom is 0.417 e. The predicted octanol–water partition coefficient (Wildman–Crippen LogP) is 6.55. The number of rotatable bonds is 4. The summed E-state index contributed by atoms with van der Waals surface area (Å²) in [4.78, 5) is 29.6. The lowest BCUT2D eigenvalue weighted by Gasteiger charge is -2.09. The summed E-state index contributed by atoms with van der Waals surface area (Å²) < 4.78 is 45.1. The maximum absolute atomic E-state index is 13.1. The van der Waals surface area contributed by atoms with Crippen molar-refractivity contribution in [1.29, 1.82) is 0 Å². The first-order valence-corrected chi connectivity index (χ1v) is 10.8. The van der Waals surface area contributed by atoms with Crippen LogP contribution in [-0.4, -0.2) is 34.1 Å². The highest BCUT2D eigenvalue weighted by atomic mass is 35.5. The van der Waals surface area contributed by atoms with Gasteiger partial charge in [-0.1, -0.05) is 11.6 Å². The Hall–Kier alpha value is -3.50. The third-order valence-electron chi connectivity index (χ3n) is 4.80. The highest BCUT2D eigenvalue weighted by molar-refractivity contribution is 8.18. The Morgan fingerprint density at radius 1 is 1.15 bits per heavy atom. The van der Waals surface area contributed by atoms with Crippen molar-refractivity contribution in [2.24, 2.45) is 4.99 Å². The van der Waals surface area contributed by atoms with E-state index in [1.54, 1.807) is 7.05 Å². The second-order valence-corrected chi connectivity index (χ2v) is 8.53. The van der Waals surface area contributed by atoms with Crippen molar-refractivity contribution in [1.82, 2.24) is 4.90 Å². The molecule has 0 atom stereocenters. The van der Waals surface area contributed by atoms with E-state index in [-0.39, 0.29) is 28.6 Å². The zero-order chi connectivity index (χ0) is 24.6. The van der Waals surface area contributed by atoms with Crippen LogP contribution in [0.4, 0.5) is 18.9 Å². The van der Waals surface area contributed by atoms with Crippen LogP contribution in [0.2, 0.25) is 5.02 Å². The second kappa shape index (κ2) is 9.03. The van der Waals surface area contributed by atoms with Crippen LogP contribution in [0.25, 0.3) is 17.4 Å². The molecule has 0 bridgehead atoms. The summed E-state index contributed by atoms with van der Waals surface area (Å²) in [5, 5.41) is 8.94. The smallest absolute Gasteiger partial charge is 0.417 e. The Morgan fingerprint density at radius 2 is 1.85 bits per heavy atom. The maximum atomic E-state index is 13.1. The predicted molar refractivity (Wildman–Crippen MR) is 123 cm³/mol. The first-order chi connectivity index (χ1) is 16.0. The fourth-order valence-electron chi connectivity index (χ4n) is 3.05. The lowest BCUT2D eigenvalue weighted by molar-refractivity contribution is -0.137. The molecule has 0 radical (unpaired) electrons. The van der Waals surface area contributed by atoms with Gasteiger partial charge in [0, 0.05) is 18.7 Å². The number of aromatic carboxylic acids is 1. The Labute approximate surface area is 200 Å². The zero-order valence-corrected chi connectivity index (χ0v) is 18.8. The normalized spacial score (nSPS) is 16.6. The number of amidine groups is 1. The van der Waals surface area contributed by atoms with E-state index in [0.29, 0.717) is 15.8 Å². The van der Waals surface area contributed by atoms with E-state index in [1.807, 2.05) is 0 Å². The molecule has 1 N–H and O–H groups in total. The van der Waals surface area contributed by atoms with Crippen LogP contribution in [-0.2, 0) is 11.0 Å². The van der Waals surface area contributed by atoms with Crippen LogP contribution < -0.4 is 0 Å². The molecule has 11 heteroatoms. The molecule has 0 spiro atoms. The number of alkyl halides is 3. The van der Waals surface area contributed by atoms with E-state index in [4.69, 9.17) is 21.1 Å². The molecule has 1 amide bonds. The minimum absolute atomic E-state index is 0.115. The number of carbonyl (C=O) groups excluding carboxylic acids is 1. The number of furan rings is 1. The van der Waals surface area contributed by atoms with Crippen molar-refractivity contribution < 1.29 is 32.3 Å². The minimum Gasteiger partial charge on any atom is -0.478 e. The number of carbonyl (C=O) groups is 2. The lowest BCUT2D eigenvalue weighted by Crippen LogP contribution is -2.23. The summed E-state index contributed by atoms with van der Waals surface area (Å²) in [5.41, 5.74) is -0.194. The second-order valence-electron chi connectivity index (χ2n) is 7.12. The molecular formula is C23H14ClF3N2O4S. The van der Waals surface area contributed by atoms with E-state index in [2.05, 4.69) is 4.99 Å². The SMILES string of the molecule is CN1C(=O)C(=Cc2ccc(-c3ccc(Cl)c(C(F)(F)F)c3)o2)SC1=Nc1ccc(C(=O)O)cc1. The Bertz CT molecular complexity index is 1350. The van der Waals surface area contributed by atoms with E-state index < -0.39 is 22.7 Å². The van der Waals surface area contributed by atoms with Crippen molar-refractivity contribution in [2.75, 3.05) is 7.05 Å². The molecule has 0 unspecified atom stereocenters. The van der Waals surface area contributed by atoms with Gasteiger partial charge in [-0.2, -0.15) is 13.2 Å². The highest BCUT2D eigenvalue weighted by Crippen LogP contribution is 2.38. The number of thioether (sulfide) groups is 1. The molecule has 34 heavy (non-hydrogen) atoms. The van der Waals surface area contributed by atoms with Crippen LogP contribution in [0.3, 0.4) is 0 Å². The molecule has 0 saturated carbocycles. The average molecular weight is 507 g/mol. The molecule has 2 aromatic carbocycles. The minimum atomic E-state index is -4.61. The molecule has 6 nitrogen and oxygen atoms in total. The van der Waals surface area contributed by atoms with Gasteiger partial charge in [0.15, 0.2) is 5.17 Å². The fraction of sp³-hybridized carbons (Fsp3) is 0.0870. The summed E-state index contributed by atoms with van der Waals surface area (Å²) in [6.07, 6.45) is -3.13. The number of likely N-dealkylation sites (N-methyl/N-ethyl adjacent to an activating group) is 1. The summed E-state index contributed by atoms with van der Waals surface area (Å²) in [7, 11) is 1.54. The molecule has 3 aromatic rings. The largest absolute Gasteiger partial charge is 0.478 e. The van der Waals surface area contributed by atoms with Crippen molar-refractivity contribution in [3.63, 3.8) is 0 Å². The molecule has 1 fully saturated rings. The van der Waals surface area contributed by atoms with Crippen LogP contribution >= 0.6 is 23.4 Å². The van der Waals surface area contributed by atoms with Gasteiger partial charge in [0.2, 0.25) is 0 Å². The van der Waals surface area contributed by atoms with E-state index in [1.165, 1.54) is 53.4 Å². The van der Waals surface area contributed by atoms with Gasteiger partial charge in [0.25, 0.3) is 5.91 Å². The van der Waals surface area contributed by atoms with Gasteiger partial charge in [-0.25, -0.2) is 9.79 Å². The van der Waals surface area contributed by atoms with Gasteiger partial charge < -0.3 is 9.52 Å². The summed E-state index contributed by atoms with van der Waals surface area (Å²) in [5.74, 6) is -0.937. The number of halogens is 4. The van der Waals surface area contributed by atoms with E-state index in [9.17, 15) is 22.8 Å². The number of amides is 1. The number of benzene rings is 2. The molecule has 0 aliphatic carbocycles. The molecule has 4 rings (SSSR count). The van der Waals surface area contributed by atoms with Crippen LogP contribution in [0, 0.1) is 0 Å². The van der Waals surface area contributed by atoms with Crippen molar-refractivity contribution >= 4 is 52.2 Å². The van der Waals surface area contributed by atoms with Crippen LogP contribution in [0.1, 0.15) is 21.7 Å². The topological polar surface area (TPSA) is 83.1 Å². The Kier molecular flexibility index (Phi) is 6.28. The van der Waals surface area contributed by atoms with E-state index in [0.717, 1.165) is 23.9 Å². The fourth-order valence-corrected chi connectivity index (χ4v) is 4.24. The van der Waals surface area contributed by atoms with Gasteiger partial charge in [-0.15, -0.1) is 0 Å². The number of aliphatic imine (C=N–C) groups is 1. The van der Waals surface area contributed by atoms with Crippen LogP contribution in [0.15, 0.2) is 68.9 Å². The molecule has 1 saturated heterocycles. The number of nitrogens with zero attached hydrogens (tertiary/aromatic N) is 2. The van der Waals surface area contributed by atoms with Crippen molar-refractivity contribution in [3.05, 3.63) is 81.4 Å². The summed E-state index contributed by atoms with van der Waals surface area (Å²) in [6.45, 7) is 0. The molecule has 174 valence electrons. The molecular weight excluding hydrogens is 493 g/mol. The quantitative estimate of drug-likeness (QED) is 0.406. The first kappa shape index (κ1) is 23.7. The molecule has 1 aromatic heterocycles. The number of hydrogen-bond donors (Lipinski definition) is 1. The number of carboxylic acids is 1. The number of hydrogen-bond acceptors (Lipinski definition) is 5. The average Bonchev–Trinajstić information content (AvgIpc) is 3.34. The summed E-state index contributed by atoms with van der Waals surface area (Å²) in [6, 6.07) is 12.4. The Balaban J connectivity index is 1.58. The van der Waals surface area contributed by atoms with Gasteiger partial charge in [-0.3, -0.25) is 9.69 Å². The van der Waals surface area contributed by atoms with Crippen LogP contribution in [0.5, 0.6) is 0 Å². The standard InChI is InChI=1S/C23H14ClF3N2O4S/c1-29-20(30)19(34-22(29)28-14-5-2-12(3-6-14)21(31)32)11-15-7-9-18(33-15)13-4-8-17(24)16(10-13)23(25,26)27/h2-11H,1H3,(H,31,32). The summed E-state index contributed by atoms with van der Waals surface area (Å²) >= 11 is 6.75. The zero-order valence-electron chi connectivity index (χ0n) is 17.3. The van der Waals surface area contributed by atoms with Gasteiger partial charge >= 0.3 is 12.1 Å². The first-order valence-electron chi connectivity index (χ1n) is 9.59. The lowest BCUT2D eigenvalue weighted by atomic mass is 10.1. The monoisotopic (exact) mass is 506 g/mol. The third kappa shape index (κ3) is 4.87. The third-order valence-corrected chi connectivity index (χ3v) is 6.19. The number of carboxylic acid groups (broad SMARTS) is 1. The Morgan fingerprint density at radius 3 is 2.50 bits per heavy atom. The van der Waals surface area contributed by atoms with Gasteiger partial charge in [0.1, 0.15) is 11.5 Å². The van der Waals surface area contributed by atoms with Crippen molar-refractivity contribution in [2.45, 2.75) is 6.18 Å². The van der Waals surface area contributed by atoms with Crippen molar-refractivity contribution in [3.8, 4) is 11.3 Å². The van der Waals surface area contributed by atoms with Gasteiger partial charge in [-0.05, 0) is 66.4 Å². The highest BCUT2D eigenvalue weighted by Gasteiger charge is 2.34. The molecule has 1 aliphatic rings. The molecule has 2 heterocycles. The van der Waals surface area contributed by atoms with Gasteiger partial charge in [0.05, 0.1) is 26.7 Å². The molecule has 1 aliphatic heterocycles.